The molecule has 1 aliphatic heterocycles. The molecule has 0 bridgehead atoms. The second-order valence-electron chi connectivity index (χ2n) is 6.11. The highest BCUT2D eigenvalue weighted by Crippen LogP contribution is 2.23. The summed E-state index contributed by atoms with van der Waals surface area (Å²) < 4.78 is 1.46. The Morgan fingerprint density at radius 3 is 2.54 bits per heavy atom. The van der Waals surface area contributed by atoms with Gasteiger partial charge in [-0.1, -0.05) is 23.7 Å². The minimum Gasteiger partial charge on any atom is -0.334 e. The monoisotopic (exact) mass is 366 g/mol. The van der Waals surface area contributed by atoms with E-state index in [1.165, 1.54) is 10.7 Å². The molecule has 0 N–H and O–H groups in total. The number of rotatable bonds is 3. The smallest absolute Gasteiger partial charge is 0.267 e. The number of aromatic nitrogens is 3. The van der Waals surface area contributed by atoms with Crippen molar-refractivity contribution < 1.29 is 4.79 Å². The van der Waals surface area contributed by atoms with E-state index >= 15 is 0 Å². The molecular formula is C19H15ClN4O2. The third kappa shape index (κ3) is 3.11. The van der Waals surface area contributed by atoms with E-state index in [9.17, 15) is 9.59 Å². The Bertz CT molecular complexity index is 996. The fourth-order valence-corrected chi connectivity index (χ4v) is 3.04. The maximum Gasteiger partial charge on any atom is 0.267 e. The van der Waals surface area contributed by atoms with Gasteiger partial charge in [0.05, 0.1) is 17.3 Å². The van der Waals surface area contributed by atoms with Crippen molar-refractivity contribution in [3.8, 4) is 11.3 Å². The van der Waals surface area contributed by atoms with Crippen molar-refractivity contribution in [1.29, 1.82) is 0 Å². The SMILES string of the molecule is O=C(c1cccnc1)N1CC(n2nc(-c3ccc(Cl)cc3)ccc2=O)C1. The van der Waals surface area contributed by atoms with Crippen LogP contribution in [0.5, 0.6) is 0 Å². The van der Waals surface area contributed by atoms with Gasteiger partial charge in [0.1, 0.15) is 0 Å². The highest BCUT2D eigenvalue weighted by molar-refractivity contribution is 6.30. The normalized spacial score (nSPS) is 14.1. The van der Waals surface area contributed by atoms with Crippen LogP contribution in [0, 0.1) is 0 Å². The minimum absolute atomic E-state index is 0.0868. The van der Waals surface area contributed by atoms with Gasteiger partial charge in [-0.3, -0.25) is 14.6 Å². The van der Waals surface area contributed by atoms with E-state index in [4.69, 9.17) is 11.6 Å². The molecule has 1 aliphatic rings. The van der Waals surface area contributed by atoms with Gasteiger partial charge in [-0.25, -0.2) is 4.68 Å². The summed E-state index contributed by atoms with van der Waals surface area (Å²) in [4.78, 5) is 30.2. The van der Waals surface area contributed by atoms with Gasteiger partial charge >= 0.3 is 0 Å². The van der Waals surface area contributed by atoms with E-state index in [-0.39, 0.29) is 17.5 Å². The van der Waals surface area contributed by atoms with Gasteiger partial charge in [-0.2, -0.15) is 5.10 Å². The quantitative estimate of drug-likeness (QED) is 0.714. The van der Waals surface area contributed by atoms with Crippen LogP contribution in [0.3, 0.4) is 0 Å². The van der Waals surface area contributed by atoms with Gasteiger partial charge in [0.15, 0.2) is 0 Å². The highest BCUT2D eigenvalue weighted by Gasteiger charge is 2.33. The highest BCUT2D eigenvalue weighted by atomic mass is 35.5. The predicted octanol–water partition coefficient (Wildman–Crippen LogP) is 2.66. The molecule has 0 radical (unpaired) electrons. The van der Waals surface area contributed by atoms with Crippen LogP contribution >= 0.6 is 11.6 Å². The first-order valence-corrected chi connectivity index (χ1v) is 8.55. The lowest BCUT2D eigenvalue weighted by atomic mass is 10.1. The molecule has 1 aromatic carbocycles. The molecule has 7 heteroatoms. The first-order chi connectivity index (χ1) is 12.6. The minimum atomic E-state index is -0.179. The molecule has 0 saturated carbocycles. The molecule has 130 valence electrons. The topological polar surface area (TPSA) is 68.1 Å². The van der Waals surface area contributed by atoms with E-state index in [0.29, 0.717) is 29.4 Å². The number of amides is 1. The average Bonchev–Trinajstić information content (AvgIpc) is 2.63. The molecule has 0 aliphatic carbocycles. The molecule has 6 nitrogen and oxygen atoms in total. The van der Waals surface area contributed by atoms with Crippen molar-refractivity contribution >= 4 is 17.5 Å². The summed E-state index contributed by atoms with van der Waals surface area (Å²) in [5.74, 6) is -0.0868. The zero-order chi connectivity index (χ0) is 18.1. The number of benzene rings is 1. The Balaban J connectivity index is 1.52. The van der Waals surface area contributed by atoms with Crippen molar-refractivity contribution in [3.63, 3.8) is 0 Å². The van der Waals surface area contributed by atoms with Crippen LogP contribution < -0.4 is 5.56 Å². The van der Waals surface area contributed by atoms with Crippen LogP contribution in [-0.4, -0.2) is 38.7 Å². The number of carbonyl (C=O) groups excluding carboxylic acids is 1. The maximum absolute atomic E-state index is 12.4. The number of nitrogens with zero attached hydrogens (tertiary/aromatic N) is 4. The molecule has 0 atom stereocenters. The molecule has 1 fully saturated rings. The van der Waals surface area contributed by atoms with Gasteiger partial charge in [-0.15, -0.1) is 0 Å². The predicted molar refractivity (Wildman–Crippen MR) is 98.1 cm³/mol. The van der Waals surface area contributed by atoms with Gasteiger partial charge < -0.3 is 4.90 Å². The molecule has 1 amide bonds. The lowest BCUT2D eigenvalue weighted by Crippen LogP contribution is -2.53. The number of pyridine rings is 1. The Morgan fingerprint density at radius 2 is 1.85 bits per heavy atom. The van der Waals surface area contributed by atoms with E-state index in [0.717, 1.165) is 5.56 Å². The average molecular weight is 367 g/mol. The van der Waals surface area contributed by atoms with Crippen LogP contribution in [0.2, 0.25) is 5.02 Å². The van der Waals surface area contributed by atoms with Crippen LogP contribution in [0.15, 0.2) is 65.7 Å². The summed E-state index contributed by atoms with van der Waals surface area (Å²) in [7, 11) is 0. The number of halogens is 1. The molecule has 3 aromatic rings. The van der Waals surface area contributed by atoms with Gasteiger partial charge in [0.25, 0.3) is 11.5 Å². The molecule has 2 aromatic heterocycles. The zero-order valence-corrected chi connectivity index (χ0v) is 14.5. The largest absolute Gasteiger partial charge is 0.334 e. The Morgan fingerprint density at radius 1 is 1.08 bits per heavy atom. The van der Waals surface area contributed by atoms with Gasteiger partial charge in [-0.05, 0) is 30.3 Å². The van der Waals surface area contributed by atoms with Crippen molar-refractivity contribution in [1.82, 2.24) is 19.7 Å². The summed E-state index contributed by atoms with van der Waals surface area (Å²) in [5, 5.41) is 5.12. The fourth-order valence-electron chi connectivity index (χ4n) is 2.91. The molecule has 26 heavy (non-hydrogen) atoms. The maximum atomic E-state index is 12.4. The number of likely N-dealkylation sites (tertiary alicyclic amines) is 1. The number of carbonyl (C=O) groups is 1. The van der Waals surface area contributed by atoms with Crippen molar-refractivity contribution in [2.45, 2.75) is 6.04 Å². The number of hydrogen-bond acceptors (Lipinski definition) is 4. The summed E-state index contributed by atoms with van der Waals surface area (Å²) in [6.45, 7) is 0.898. The van der Waals surface area contributed by atoms with E-state index in [2.05, 4.69) is 10.1 Å². The first kappa shape index (κ1) is 16.5. The molecule has 0 spiro atoms. The van der Waals surface area contributed by atoms with Crippen LogP contribution in [-0.2, 0) is 0 Å². The number of hydrogen-bond donors (Lipinski definition) is 0. The van der Waals surface area contributed by atoms with Crippen molar-refractivity contribution in [2.24, 2.45) is 0 Å². The summed E-state index contributed by atoms with van der Waals surface area (Å²) >= 11 is 5.92. The fraction of sp³-hybridized carbons (Fsp3) is 0.158. The summed E-state index contributed by atoms with van der Waals surface area (Å²) in [6, 6.07) is 13.8. The second kappa shape index (κ2) is 6.72. The van der Waals surface area contributed by atoms with Crippen LogP contribution in [0.4, 0.5) is 0 Å². The van der Waals surface area contributed by atoms with E-state index in [1.54, 1.807) is 47.6 Å². The van der Waals surface area contributed by atoms with Crippen LogP contribution in [0.25, 0.3) is 11.3 Å². The summed E-state index contributed by atoms with van der Waals surface area (Å²) in [6.07, 6.45) is 3.17. The van der Waals surface area contributed by atoms with Crippen molar-refractivity contribution in [2.75, 3.05) is 13.1 Å². The Hall–Kier alpha value is -2.99. The van der Waals surface area contributed by atoms with Gasteiger partial charge in [0.2, 0.25) is 0 Å². The van der Waals surface area contributed by atoms with E-state index < -0.39 is 0 Å². The second-order valence-corrected chi connectivity index (χ2v) is 6.55. The lowest BCUT2D eigenvalue weighted by molar-refractivity contribution is 0.0493. The molecule has 1 saturated heterocycles. The zero-order valence-electron chi connectivity index (χ0n) is 13.7. The van der Waals surface area contributed by atoms with E-state index in [1.807, 2.05) is 12.1 Å². The Kier molecular flexibility index (Phi) is 4.26. The van der Waals surface area contributed by atoms with Gasteiger partial charge in [0, 0.05) is 42.1 Å². The third-order valence-corrected chi connectivity index (χ3v) is 4.62. The van der Waals surface area contributed by atoms with Crippen LogP contribution in [0.1, 0.15) is 16.4 Å². The lowest BCUT2D eigenvalue weighted by Gasteiger charge is -2.39. The first-order valence-electron chi connectivity index (χ1n) is 8.17. The standard InChI is InChI=1S/C19H15ClN4O2/c20-15-5-3-13(4-6-15)17-7-8-18(25)24(22-17)16-11-23(12-16)19(26)14-2-1-9-21-10-14/h1-10,16H,11-12H2. The molecule has 0 unspecified atom stereocenters. The molecule has 4 rings (SSSR count). The molecular weight excluding hydrogens is 352 g/mol. The third-order valence-electron chi connectivity index (χ3n) is 4.37. The Labute approximate surface area is 154 Å². The van der Waals surface area contributed by atoms with Crippen molar-refractivity contribution in [3.05, 3.63) is 81.9 Å². The summed E-state index contributed by atoms with van der Waals surface area (Å²) in [5.41, 5.74) is 1.94. The molecule has 3 heterocycles.